The second-order valence-corrected chi connectivity index (χ2v) is 38.6. The van der Waals surface area contributed by atoms with Crippen molar-refractivity contribution in [1.29, 1.82) is 0 Å². The SMILES string of the molecule is CCCCC[C@@H](CC[C@@H]1[C@H]2Cc3cccc(OCC(=O)O)c3C[C@H]2C[C@H]1O)OC(=O)C(C)c1ccc(CC(C)C)cc1.CCCCC[C@@H](CC[C@@H]1[C@H]2Cc3cccc(OCC(=O)O)c3C[C@H]2C[C@H]1O)OC(=O)[C@@H](C)c1ccc2cc(OC)ccc2c1.CCCCC[C@H](O)CC[C@@H]1[C@H]2Cc3cccc(OCC(=O)O)c3C[C@H]2C[C@H]1OC(=O)[C@@H](C)c1ccc2cc(C)ccc2c1. The highest BCUT2D eigenvalue weighted by atomic mass is 16.6. The van der Waals surface area contributed by atoms with E-state index in [0.717, 1.165) is 234 Å². The number of carbonyl (C=O) groups excluding carboxylic acids is 3. The minimum absolute atomic E-state index is 0.138. The molecule has 14 rings (SSSR count). The number of hydrogen-bond acceptors (Lipinski definition) is 16. The topological polar surface area (TPSA) is 288 Å². The van der Waals surface area contributed by atoms with Crippen molar-refractivity contribution >= 4 is 57.4 Å². The van der Waals surface area contributed by atoms with Gasteiger partial charge in [-0.2, -0.15) is 0 Å². The van der Waals surface area contributed by atoms with E-state index in [4.69, 9.17) is 48.5 Å². The standard InChI is InChI=1S/C37H46O7.C37H46O6.C36H50O6/c1-4-5-6-9-29(44-37(41)23(2)24-11-12-26-18-30(42-3)14-13-25(26)17-24)15-16-31-32-19-27-8-7-10-35(43-22-36(39)40)33(27)20-28(32)21-34(31)38;1-4-5-6-9-30(38)15-16-31-32-19-28-8-7-10-34(42-22-36(39)40)33(28)20-29(32)21-35(31)43-37(41)24(3)25-13-14-26-17-23(2)11-12-27(26)18-25;1-5-6-7-10-29(42-36(40)24(4)26-14-12-25(13-15-26)18-23(2)3)16-17-30-31-19-27-9-8-11-34(41-22-35(38)39)32(27)20-28(31)21-33(30)37/h7-8,10-14,17-18,23,28-29,31-32,34,38H,4-6,9,15-16,19-22H2,1-3H3,(H,39,40);7-8,10-14,17-18,24,29-32,35,38H,4-6,9,15-16,19-22H2,1-3H3,(H,39,40);8-9,11-15,23-24,28-31,33,37H,5-7,10,16-22H2,1-4H3,(H,38,39)/t23-,28-,29-,31+,32-,34+;24-,29-,30-,31+,32-,35+;24?,28-,29-,30+,31-,33+/m000/s1. The Bertz CT molecular complexity index is 5030. The summed E-state index contributed by atoms with van der Waals surface area (Å²) in [5.74, 6) is 1.16. The molecule has 696 valence electrons. The van der Waals surface area contributed by atoms with Crippen LogP contribution < -0.4 is 18.9 Å². The normalized spacial score (nSPS) is 22.4. The third kappa shape index (κ3) is 26.5. The number of hydrogen-bond donors (Lipinski definition) is 6. The highest BCUT2D eigenvalue weighted by Gasteiger charge is 2.50. The second kappa shape index (κ2) is 47.3. The van der Waals surface area contributed by atoms with Gasteiger partial charge in [0.2, 0.25) is 0 Å². The minimum Gasteiger partial charge on any atom is -0.497 e. The largest absolute Gasteiger partial charge is 0.497 e. The van der Waals surface area contributed by atoms with Gasteiger partial charge in [-0.15, -0.1) is 0 Å². The van der Waals surface area contributed by atoms with E-state index in [1.807, 2.05) is 93.6 Å². The van der Waals surface area contributed by atoms with Crippen LogP contribution in [0.2, 0.25) is 0 Å². The first-order chi connectivity index (χ1) is 62.1. The molecule has 0 aromatic heterocycles. The Morgan fingerprint density at radius 1 is 0.411 bits per heavy atom. The van der Waals surface area contributed by atoms with Crippen LogP contribution in [0.5, 0.6) is 23.0 Å². The van der Waals surface area contributed by atoms with Gasteiger partial charge in [0.05, 0.1) is 43.2 Å². The Labute approximate surface area is 764 Å². The summed E-state index contributed by atoms with van der Waals surface area (Å²) in [6.45, 7) is 17.7. The fraction of sp³-hybridized carbons (Fsp3) is 0.545. The fourth-order valence-corrected chi connectivity index (χ4v) is 21.9. The number of methoxy groups -OCH3 is 1. The molecule has 8 aromatic carbocycles. The summed E-state index contributed by atoms with van der Waals surface area (Å²) in [7, 11) is 1.65. The molecule has 0 amide bonds. The molecule has 0 aliphatic heterocycles. The van der Waals surface area contributed by atoms with E-state index < -0.39 is 24.0 Å². The van der Waals surface area contributed by atoms with Crippen LogP contribution in [0.3, 0.4) is 0 Å². The Morgan fingerprint density at radius 3 is 1.26 bits per heavy atom. The summed E-state index contributed by atoms with van der Waals surface area (Å²) < 4.78 is 40.9. The number of carboxylic acid groups (broad SMARTS) is 3. The van der Waals surface area contributed by atoms with Crippen molar-refractivity contribution in [3.63, 3.8) is 0 Å². The molecule has 1 unspecified atom stereocenters. The van der Waals surface area contributed by atoms with Crippen molar-refractivity contribution in [2.75, 3.05) is 26.9 Å². The van der Waals surface area contributed by atoms with Crippen LogP contribution in [0.25, 0.3) is 21.5 Å². The molecule has 18 atom stereocenters. The van der Waals surface area contributed by atoms with E-state index in [9.17, 15) is 44.1 Å². The number of aliphatic carboxylic acids is 3. The van der Waals surface area contributed by atoms with Gasteiger partial charge in [0.25, 0.3) is 0 Å². The predicted octanol–water partition coefficient (Wildman–Crippen LogP) is 21.6. The second-order valence-electron chi connectivity index (χ2n) is 38.6. The Morgan fingerprint density at radius 2 is 0.806 bits per heavy atom. The number of carbonyl (C=O) groups is 6. The molecule has 6 aliphatic carbocycles. The lowest BCUT2D eigenvalue weighted by Crippen LogP contribution is -2.30. The Kier molecular flexibility index (Phi) is 36.0. The zero-order valence-corrected chi connectivity index (χ0v) is 77.8. The van der Waals surface area contributed by atoms with E-state index in [0.29, 0.717) is 65.1 Å². The van der Waals surface area contributed by atoms with E-state index in [1.165, 1.54) is 27.8 Å². The van der Waals surface area contributed by atoms with E-state index in [2.05, 4.69) is 120 Å². The Balaban J connectivity index is 0.000000175. The van der Waals surface area contributed by atoms with Gasteiger partial charge in [-0.3, -0.25) is 14.4 Å². The first-order valence-corrected chi connectivity index (χ1v) is 48.3. The molecular weight excluding hydrogens is 1630 g/mol. The van der Waals surface area contributed by atoms with Crippen LogP contribution in [-0.2, 0) is 87.9 Å². The third-order valence-electron chi connectivity index (χ3n) is 29.1. The number of aryl methyl sites for hydroxylation is 1. The van der Waals surface area contributed by atoms with Gasteiger partial charge in [-0.25, -0.2) is 14.4 Å². The quantitative estimate of drug-likeness (QED) is 0.0118. The number of carboxylic acids is 3. The van der Waals surface area contributed by atoms with Gasteiger partial charge in [-0.1, -0.05) is 206 Å². The average Bonchev–Trinajstić information content (AvgIpc) is 1.62. The molecule has 0 heterocycles. The molecule has 3 fully saturated rings. The summed E-state index contributed by atoms with van der Waals surface area (Å²) in [5, 5.41) is 64.8. The van der Waals surface area contributed by atoms with Gasteiger partial charge >= 0.3 is 35.8 Å². The highest BCUT2D eigenvalue weighted by molar-refractivity contribution is 5.88. The van der Waals surface area contributed by atoms with Gasteiger partial charge in [0.15, 0.2) is 19.8 Å². The lowest BCUT2D eigenvalue weighted by molar-refractivity contribution is -0.153. The highest BCUT2D eigenvalue weighted by Crippen LogP contribution is 2.53. The van der Waals surface area contributed by atoms with Crippen molar-refractivity contribution in [3.8, 4) is 23.0 Å². The molecule has 0 radical (unpaired) electrons. The number of ether oxygens (including phenoxy) is 7. The van der Waals surface area contributed by atoms with E-state index in [1.54, 1.807) is 7.11 Å². The fourth-order valence-electron chi connectivity index (χ4n) is 21.9. The van der Waals surface area contributed by atoms with Crippen LogP contribution in [-0.4, -0.2) is 130 Å². The predicted molar refractivity (Wildman–Crippen MR) is 503 cm³/mol. The molecule has 0 saturated heterocycles. The van der Waals surface area contributed by atoms with Crippen molar-refractivity contribution in [3.05, 3.63) is 213 Å². The molecule has 6 aliphatic rings. The lowest BCUT2D eigenvalue weighted by atomic mass is 9.73. The summed E-state index contributed by atoms with van der Waals surface area (Å²) in [6.07, 6.45) is 23.4. The molecule has 3 saturated carbocycles. The maximum absolute atomic E-state index is 13.6. The number of aliphatic hydroxyl groups excluding tert-OH is 3. The molecule has 6 N–H and O–H groups in total. The van der Waals surface area contributed by atoms with Crippen molar-refractivity contribution in [1.82, 2.24) is 0 Å². The van der Waals surface area contributed by atoms with Gasteiger partial charge in [0, 0.05) is 0 Å². The molecule has 129 heavy (non-hydrogen) atoms. The molecule has 0 spiro atoms. The van der Waals surface area contributed by atoms with Gasteiger partial charge < -0.3 is 63.8 Å². The summed E-state index contributed by atoms with van der Waals surface area (Å²) in [6, 6.07) is 50.6. The average molecular weight is 1770 g/mol. The zero-order chi connectivity index (χ0) is 92.0. The monoisotopic (exact) mass is 1770 g/mol. The molecule has 8 aromatic rings. The zero-order valence-electron chi connectivity index (χ0n) is 77.8. The van der Waals surface area contributed by atoms with Crippen molar-refractivity contribution < 1.29 is 92.6 Å². The first-order valence-electron chi connectivity index (χ1n) is 48.3. The summed E-state index contributed by atoms with van der Waals surface area (Å²) in [5.41, 5.74) is 12.2. The number of fused-ring (bicyclic) bond motifs is 8. The van der Waals surface area contributed by atoms with Crippen LogP contribution in [0.15, 0.2) is 152 Å². The van der Waals surface area contributed by atoms with Crippen LogP contribution in [0, 0.1) is 66.1 Å². The van der Waals surface area contributed by atoms with Gasteiger partial charge in [-0.05, 0) is 329 Å². The maximum Gasteiger partial charge on any atom is 0.341 e. The van der Waals surface area contributed by atoms with Crippen LogP contribution in [0.4, 0.5) is 0 Å². The lowest BCUT2D eigenvalue weighted by Gasteiger charge is -2.33. The number of benzene rings is 8. The smallest absolute Gasteiger partial charge is 0.341 e. The van der Waals surface area contributed by atoms with Crippen LogP contribution in [0.1, 0.15) is 269 Å². The number of aliphatic hydroxyl groups is 3. The van der Waals surface area contributed by atoms with E-state index >= 15 is 0 Å². The van der Waals surface area contributed by atoms with Crippen molar-refractivity contribution in [2.45, 2.75) is 296 Å². The number of esters is 3. The van der Waals surface area contributed by atoms with Crippen molar-refractivity contribution in [2.24, 2.45) is 59.2 Å². The summed E-state index contributed by atoms with van der Waals surface area (Å²) >= 11 is 0. The van der Waals surface area contributed by atoms with Gasteiger partial charge in [0.1, 0.15) is 41.3 Å². The van der Waals surface area contributed by atoms with Crippen LogP contribution >= 0.6 is 0 Å². The Hall–Kier alpha value is -9.82. The number of unbranched alkanes of at least 4 members (excludes halogenated alkanes) is 6. The first kappa shape index (κ1) is 98.2. The number of rotatable bonds is 42. The van der Waals surface area contributed by atoms with E-state index in [-0.39, 0.29) is 104 Å². The maximum atomic E-state index is 13.6. The molecular formula is C110H142O19. The third-order valence-corrected chi connectivity index (χ3v) is 29.1. The minimum atomic E-state index is -0.993. The summed E-state index contributed by atoms with van der Waals surface area (Å²) in [4.78, 5) is 73.6. The molecule has 0 bridgehead atoms. The molecule has 19 nitrogen and oxygen atoms in total. The molecule has 19 heteroatoms.